The third-order valence-corrected chi connectivity index (χ3v) is 3.20. The van der Waals surface area contributed by atoms with Crippen LogP contribution in [-0.2, 0) is 11.0 Å². The Hall–Kier alpha value is -2.35. The molecular formula is C14H14F3N3O2. The van der Waals surface area contributed by atoms with Crippen molar-refractivity contribution in [2.75, 3.05) is 6.54 Å². The van der Waals surface area contributed by atoms with Crippen molar-refractivity contribution in [3.63, 3.8) is 0 Å². The molecule has 0 saturated heterocycles. The first kappa shape index (κ1) is 16.0. The van der Waals surface area contributed by atoms with Crippen molar-refractivity contribution in [3.8, 4) is 5.69 Å². The minimum absolute atomic E-state index is 0.0369. The zero-order chi connectivity index (χ0) is 16.3. The SMILES string of the molecule is NCCC(C(=O)O)c1cnn(-c2ccccc2)c1C(F)(F)F. The van der Waals surface area contributed by atoms with E-state index in [1.165, 1.54) is 12.1 Å². The van der Waals surface area contributed by atoms with E-state index in [2.05, 4.69) is 5.10 Å². The summed E-state index contributed by atoms with van der Waals surface area (Å²) in [6.07, 6.45) is -3.88. The zero-order valence-corrected chi connectivity index (χ0v) is 11.4. The van der Waals surface area contributed by atoms with Crippen molar-refractivity contribution in [2.45, 2.75) is 18.5 Å². The summed E-state index contributed by atoms with van der Waals surface area (Å²) in [4.78, 5) is 11.3. The maximum absolute atomic E-state index is 13.4. The average molecular weight is 313 g/mol. The Bertz CT molecular complexity index is 653. The van der Waals surface area contributed by atoms with Crippen LogP contribution in [0.2, 0.25) is 0 Å². The molecule has 0 amide bonds. The van der Waals surface area contributed by atoms with Gasteiger partial charge in [0, 0.05) is 5.56 Å². The quantitative estimate of drug-likeness (QED) is 0.888. The van der Waals surface area contributed by atoms with E-state index in [-0.39, 0.29) is 24.2 Å². The summed E-state index contributed by atoms with van der Waals surface area (Å²) in [5.74, 6) is -2.71. The first-order valence-electron chi connectivity index (χ1n) is 6.49. The van der Waals surface area contributed by atoms with Crippen molar-refractivity contribution < 1.29 is 23.1 Å². The van der Waals surface area contributed by atoms with Gasteiger partial charge in [-0.15, -0.1) is 0 Å². The molecule has 3 N–H and O–H groups in total. The number of nitrogens with zero attached hydrogens (tertiary/aromatic N) is 2. The predicted octanol–water partition coefficient (Wildman–Crippen LogP) is 2.41. The third-order valence-electron chi connectivity index (χ3n) is 3.20. The Morgan fingerprint density at radius 3 is 2.45 bits per heavy atom. The van der Waals surface area contributed by atoms with E-state index < -0.39 is 23.8 Å². The van der Waals surface area contributed by atoms with E-state index >= 15 is 0 Å². The highest BCUT2D eigenvalue weighted by molar-refractivity contribution is 5.76. The predicted molar refractivity (Wildman–Crippen MR) is 72.6 cm³/mol. The second-order valence-electron chi connectivity index (χ2n) is 4.66. The van der Waals surface area contributed by atoms with Crippen molar-refractivity contribution in [1.29, 1.82) is 0 Å². The standard InChI is InChI=1S/C14H14F3N3O2/c15-14(16,17)12-11(10(6-7-18)13(21)22)8-19-20(12)9-4-2-1-3-5-9/h1-5,8,10H,6-7,18H2,(H,21,22). The molecule has 1 unspecified atom stereocenters. The molecule has 1 atom stereocenters. The molecular weight excluding hydrogens is 299 g/mol. The molecule has 2 rings (SSSR count). The third kappa shape index (κ3) is 3.11. The Balaban J connectivity index is 2.62. The van der Waals surface area contributed by atoms with E-state index in [0.717, 1.165) is 6.20 Å². The first-order chi connectivity index (χ1) is 10.4. The van der Waals surface area contributed by atoms with Gasteiger partial charge in [0.15, 0.2) is 5.69 Å². The normalized spacial score (nSPS) is 13.1. The van der Waals surface area contributed by atoms with Crippen molar-refractivity contribution in [1.82, 2.24) is 9.78 Å². The van der Waals surface area contributed by atoms with Gasteiger partial charge >= 0.3 is 12.1 Å². The maximum Gasteiger partial charge on any atom is 0.433 e. The number of rotatable bonds is 5. The molecule has 118 valence electrons. The zero-order valence-electron chi connectivity index (χ0n) is 11.4. The number of alkyl halides is 3. The van der Waals surface area contributed by atoms with E-state index in [1.54, 1.807) is 18.2 Å². The lowest BCUT2D eigenvalue weighted by atomic mass is 9.96. The molecule has 1 aromatic heterocycles. The van der Waals surface area contributed by atoms with Crippen molar-refractivity contribution in [2.24, 2.45) is 5.73 Å². The highest BCUT2D eigenvalue weighted by atomic mass is 19.4. The van der Waals surface area contributed by atoms with Crippen molar-refractivity contribution in [3.05, 3.63) is 47.8 Å². The number of carboxylic acid groups (broad SMARTS) is 1. The van der Waals surface area contributed by atoms with Gasteiger partial charge < -0.3 is 10.8 Å². The van der Waals surface area contributed by atoms with Crippen LogP contribution in [0.1, 0.15) is 23.6 Å². The number of nitrogens with two attached hydrogens (primary N) is 1. The molecule has 0 saturated carbocycles. The largest absolute Gasteiger partial charge is 0.481 e. The van der Waals surface area contributed by atoms with Crippen LogP contribution in [0.4, 0.5) is 13.2 Å². The Labute approximate surface area is 124 Å². The van der Waals surface area contributed by atoms with Gasteiger partial charge in [0.25, 0.3) is 0 Å². The number of para-hydroxylation sites is 1. The number of halogens is 3. The molecule has 0 fully saturated rings. The van der Waals surface area contributed by atoms with Gasteiger partial charge in [0.1, 0.15) is 0 Å². The topological polar surface area (TPSA) is 81.1 Å². The van der Waals surface area contributed by atoms with Crippen LogP contribution in [0.25, 0.3) is 5.69 Å². The fourth-order valence-corrected chi connectivity index (χ4v) is 2.24. The Morgan fingerprint density at radius 2 is 1.95 bits per heavy atom. The molecule has 1 heterocycles. The summed E-state index contributed by atoms with van der Waals surface area (Å²) in [5.41, 5.74) is 4.05. The van der Waals surface area contributed by atoms with Crippen LogP contribution in [0, 0.1) is 0 Å². The number of benzene rings is 1. The van der Waals surface area contributed by atoms with Crippen LogP contribution in [0.3, 0.4) is 0 Å². The van der Waals surface area contributed by atoms with Gasteiger partial charge in [0.05, 0.1) is 17.8 Å². The van der Waals surface area contributed by atoms with E-state index in [4.69, 9.17) is 10.8 Å². The number of aliphatic carboxylic acids is 1. The molecule has 2 aromatic rings. The molecule has 0 aliphatic heterocycles. The molecule has 0 spiro atoms. The summed E-state index contributed by atoms with van der Waals surface area (Å²) in [7, 11) is 0. The number of aromatic nitrogens is 2. The van der Waals surface area contributed by atoms with Gasteiger partial charge in [-0.3, -0.25) is 4.79 Å². The molecule has 0 bridgehead atoms. The second kappa shape index (κ2) is 6.18. The average Bonchev–Trinajstić information content (AvgIpc) is 2.90. The van der Waals surface area contributed by atoms with E-state index in [1.807, 2.05) is 0 Å². The summed E-state index contributed by atoms with van der Waals surface area (Å²) >= 11 is 0. The van der Waals surface area contributed by atoms with Crippen molar-refractivity contribution >= 4 is 5.97 Å². The van der Waals surface area contributed by atoms with Gasteiger partial charge in [-0.2, -0.15) is 18.3 Å². The lowest BCUT2D eigenvalue weighted by Crippen LogP contribution is -2.21. The second-order valence-corrected chi connectivity index (χ2v) is 4.66. The van der Waals surface area contributed by atoms with Gasteiger partial charge in [-0.1, -0.05) is 18.2 Å². The summed E-state index contributed by atoms with van der Waals surface area (Å²) < 4.78 is 40.9. The number of carboxylic acids is 1. The monoisotopic (exact) mass is 313 g/mol. The summed E-state index contributed by atoms with van der Waals surface area (Å²) in [5, 5.41) is 12.9. The smallest absolute Gasteiger partial charge is 0.433 e. The maximum atomic E-state index is 13.4. The molecule has 0 aliphatic rings. The van der Waals surface area contributed by atoms with Gasteiger partial charge in [-0.25, -0.2) is 4.68 Å². The molecule has 8 heteroatoms. The fraction of sp³-hybridized carbons (Fsp3) is 0.286. The highest BCUT2D eigenvalue weighted by Gasteiger charge is 2.41. The minimum Gasteiger partial charge on any atom is -0.481 e. The fourth-order valence-electron chi connectivity index (χ4n) is 2.24. The lowest BCUT2D eigenvalue weighted by Gasteiger charge is -2.16. The summed E-state index contributed by atoms with van der Waals surface area (Å²) in [6, 6.07) is 7.74. The first-order valence-corrected chi connectivity index (χ1v) is 6.49. The van der Waals surface area contributed by atoms with Crippen LogP contribution in [0.15, 0.2) is 36.5 Å². The van der Waals surface area contributed by atoms with Crippen LogP contribution in [-0.4, -0.2) is 27.4 Å². The summed E-state index contributed by atoms with van der Waals surface area (Å²) in [6.45, 7) is -0.0369. The molecule has 5 nitrogen and oxygen atoms in total. The number of hydrogen-bond donors (Lipinski definition) is 2. The Kier molecular flexibility index (Phi) is 4.51. The van der Waals surface area contributed by atoms with Crippen LogP contribution >= 0.6 is 0 Å². The molecule has 0 aliphatic carbocycles. The van der Waals surface area contributed by atoms with Crippen LogP contribution in [0.5, 0.6) is 0 Å². The molecule has 1 aromatic carbocycles. The number of hydrogen-bond acceptors (Lipinski definition) is 3. The van der Waals surface area contributed by atoms with Gasteiger partial charge in [0.2, 0.25) is 0 Å². The minimum atomic E-state index is -4.73. The lowest BCUT2D eigenvalue weighted by molar-refractivity contribution is -0.145. The van der Waals surface area contributed by atoms with Gasteiger partial charge in [-0.05, 0) is 25.1 Å². The van der Waals surface area contributed by atoms with E-state index in [0.29, 0.717) is 4.68 Å². The number of carbonyl (C=O) groups is 1. The van der Waals surface area contributed by atoms with Crippen LogP contribution < -0.4 is 5.73 Å². The Morgan fingerprint density at radius 1 is 1.32 bits per heavy atom. The van der Waals surface area contributed by atoms with E-state index in [9.17, 15) is 18.0 Å². The highest BCUT2D eigenvalue weighted by Crippen LogP contribution is 2.37. The molecule has 22 heavy (non-hydrogen) atoms. The molecule has 0 radical (unpaired) electrons.